The number of aromatic nitrogens is 3. The molecule has 1 saturated heterocycles. The van der Waals surface area contributed by atoms with Gasteiger partial charge in [-0.1, -0.05) is 24.8 Å². The molecule has 4 rings (SSSR count). The van der Waals surface area contributed by atoms with Crippen molar-refractivity contribution in [3.8, 4) is 22.9 Å². The van der Waals surface area contributed by atoms with Gasteiger partial charge in [0.05, 0.1) is 29.1 Å². The molecule has 43 heavy (non-hydrogen) atoms. The Kier molecular flexibility index (Phi) is 10.0. The number of pyridine rings is 1. The molecule has 3 heterocycles. The second-order valence-corrected chi connectivity index (χ2v) is 11.9. The summed E-state index contributed by atoms with van der Waals surface area (Å²) in [7, 11) is -4.31. The van der Waals surface area contributed by atoms with E-state index in [2.05, 4.69) is 36.9 Å². The van der Waals surface area contributed by atoms with E-state index in [9.17, 15) is 26.0 Å². The van der Waals surface area contributed by atoms with E-state index in [4.69, 9.17) is 4.74 Å². The Labute approximate surface area is 247 Å². The van der Waals surface area contributed by atoms with Crippen molar-refractivity contribution in [2.24, 2.45) is 0 Å². The van der Waals surface area contributed by atoms with Crippen molar-refractivity contribution in [2.75, 3.05) is 28.9 Å². The van der Waals surface area contributed by atoms with Crippen LogP contribution in [0, 0.1) is 13.8 Å². The SMILES string of the molecule is C=C/C=C\c1c(NS(=O)(=O)CCC(F)(F)F)cc(C)c(Oc2ncccc2-c2ccnc(N[C@@H]3CNC[C@@H](F)C3)n2)c1C. The molecule has 0 aliphatic carbocycles. The number of piperidine rings is 1. The van der Waals surface area contributed by atoms with E-state index in [0.717, 1.165) is 0 Å². The number of allylic oxidation sites excluding steroid dienone is 2. The average Bonchev–Trinajstić information content (AvgIpc) is 2.94. The van der Waals surface area contributed by atoms with Crippen LogP contribution in [0.15, 0.2) is 55.4 Å². The Morgan fingerprint density at radius 3 is 2.70 bits per heavy atom. The Hall–Kier alpha value is -4.04. The predicted molar refractivity (Wildman–Crippen MR) is 158 cm³/mol. The molecule has 0 amide bonds. The number of sulfonamides is 1. The van der Waals surface area contributed by atoms with Gasteiger partial charge in [0, 0.05) is 49.1 Å². The number of benzene rings is 1. The van der Waals surface area contributed by atoms with Gasteiger partial charge < -0.3 is 15.4 Å². The van der Waals surface area contributed by atoms with E-state index in [1.165, 1.54) is 12.1 Å². The van der Waals surface area contributed by atoms with E-state index in [0.29, 0.717) is 59.2 Å². The summed E-state index contributed by atoms with van der Waals surface area (Å²) < 4.78 is 85.5. The second-order valence-electron chi connectivity index (χ2n) is 10.0. The lowest BCUT2D eigenvalue weighted by molar-refractivity contribution is -0.129. The highest BCUT2D eigenvalue weighted by Crippen LogP contribution is 2.39. The fourth-order valence-corrected chi connectivity index (χ4v) is 5.70. The normalized spacial score (nSPS) is 17.5. The molecule has 9 nitrogen and oxygen atoms in total. The van der Waals surface area contributed by atoms with Gasteiger partial charge in [-0.05, 0) is 43.7 Å². The van der Waals surface area contributed by atoms with Gasteiger partial charge in [-0.2, -0.15) is 13.2 Å². The lowest BCUT2D eigenvalue weighted by atomic mass is 10.0. The summed E-state index contributed by atoms with van der Waals surface area (Å²) in [5.74, 6) is -0.217. The van der Waals surface area contributed by atoms with Crippen molar-refractivity contribution in [2.45, 2.75) is 45.1 Å². The van der Waals surface area contributed by atoms with Gasteiger partial charge in [-0.3, -0.25) is 4.72 Å². The minimum absolute atomic E-state index is 0.100. The summed E-state index contributed by atoms with van der Waals surface area (Å²) in [6.07, 6.45) is 1.02. The number of hydrogen-bond acceptors (Lipinski definition) is 8. The van der Waals surface area contributed by atoms with Gasteiger partial charge in [0.15, 0.2) is 0 Å². The summed E-state index contributed by atoms with van der Waals surface area (Å²) in [6.45, 7) is 7.90. The van der Waals surface area contributed by atoms with E-state index in [1.54, 1.807) is 56.6 Å². The highest BCUT2D eigenvalue weighted by atomic mass is 32.2. The fraction of sp³-hybridized carbons (Fsp3) is 0.345. The zero-order chi connectivity index (χ0) is 31.2. The van der Waals surface area contributed by atoms with E-state index < -0.39 is 34.5 Å². The summed E-state index contributed by atoms with van der Waals surface area (Å²) in [5, 5.41) is 6.19. The Morgan fingerprint density at radius 1 is 1.19 bits per heavy atom. The van der Waals surface area contributed by atoms with Crippen LogP contribution in [-0.4, -0.2) is 60.6 Å². The van der Waals surface area contributed by atoms with Crippen molar-refractivity contribution < 1.29 is 30.7 Å². The molecule has 0 saturated carbocycles. The molecule has 0 unspecified atom stereocenters. The van der Waals surface area contributed by atoms with Crippen LogP contribution in [0.4, 0.5) is 29.2 Å². The first-order chi connectivity index (χ1) is 20.3. The number of nitrogens with one attached hydrogen (secondary N) is 3. The van der Waals surface area contributed by atoms with Gasteiger partial charge in [-0.25, -0.2) is 27.8 Å². The summed E-state index contributed by atoms with van der Waals surface area (Å²) in [4.78, 5) is 13.2. The maximum absolute atomic E-state index is 13.8. The van der Waals surface area contributed by atoms with Crippen molar-refractivity contribution in [1.29, 1.82) is 0 Å². The van der Waals surface area contributed by atoms with Crippen LogP contribution in [0.25, 0.3) is 17.3 Å². The van der Waals surface area contributed by atoms with Crippen LogP contribution < -0.4 is 20.1 Å². The van der Waals surface area contributed by atoms with E-state index in [1.807, 2.05) is 0 Å². The molecule has 2 aromatic heterocycles. The largest absolute Gasteiger partial charge is 0.438 e. The van der Waals surface area contributed by atoms with Gasteiger partial charge in [0.1, 0.15) is 11.9 Å². The maximum Gasteiger partial charge on any atom is 0.390 e. The molecule has 1 aliphatic heterocycles. The first-order valence-electron chi connectivity index (χ1n) is 13.4. The number of ether oxygens (including phenoxy) is 1. The van der Waals surface area contributed by atoms with Crippen LogP contribution in [0.5, 0.6) is 11.6 Å². The standard InChI is InChI=1S/C29H32F4N6O3S/c1-4-5-7-22-19(3)26(18(2)14-25(22)39-43(40,41)13-10-29(31,32)33)42-27-23(8-6-11-35-27)24-9-12-36-28(38-24)37-21-15-20(30)16-34-17-21/h4-9,11-12,14,20-21,34,39H,1,10,13,15-17H2,2-3H3,(H,36,37,38)/b7-5-/t20-,21-/m0/s1. The zero-order valence-electron chi connectivity index (χ0n) is 23.6. The lowest BCUT2D eigenvalue weighted by Crippen LogP contribution is -2.44. The molecule has 0 spiro atoms. The van der Waals surface area contributed by atoms with Crippen LogP contribution in [-0.2, 0) is 10.0 Å². The number of halogens is 4. The summed E-state index contributed by atoms with van der Waals surface area (Å²) >= 11 is 0. The van der Waals surface area contributed by atoms with Crippen molar-refractivity contribution in [3.05, 3.63) is 72.1 Å². The molecule has 3 N–H and O–H groups in total. The third kappa shape index (κ3) is 8.74. The first kappa shape index (κ1) is 31.9. The molecule has 0 radical (unpaired) electrons. The predicted octanol–water partition coefficient (Wildman–Crippen LogP) is 5.95. The summed E-state index contributed by atoms with van der Waals surface area (Å²) in [6, 6.07) is 6.47. The number of alkyl halides is 4. The third-order valence-corrected chi connectivity index (χ3v) is 7.88. The lowest BCUT2D eigenvalue weighted by Gasteiger charge is -2.26. The third-order valence-electron chi connectivity index (χ3n) is 6.60. The van der Waals surface area contributed by atoms with E-state index >= 15 is 0 Å². The molecule has 3 aromatic rings. The zero-order valence-corrected chi connectivity index (χ0v) is 24.4. The van der Waals surface area contributed by atoms with Crippen LogP contribution >= 0.6 is 0 Å². The topological polar surface area (TPSA) is 118 Å². The molecule has 1 aromatic carbocycles. The number of rotatable bonds is 11. The van der Waals surface area contributed by atoms with Crippen LogP contribution in [0.1, 0.15) is 29.5 Å². The monoisotopic (exact) mass is 620 g/mol. The molecule has 1 fully saturated rings. The molecule has 1 aliphatic rings. The molecule has 230 valence electrons. The number of nitrogens with zero attached hydrogens (tertiary/aromatic N) is 3. The highest BCUT2D eigenvalue weighted by molar-refractivity contribution is 7.92. The smallest absolute Gasteiger partial charge is 0.390 e. The number of hydrogen-bond donors (Lipinski definition) is 3. The van der Waals surface area contributed by atoms with Gasteiger partial charge in [0.2, 0.25) is 21.9 Å². The van der Waals surface area contributed by atoms with Crippen molar-refractivity contribution in [1.82, 2.24) is 20.3 Å². The number of aryl methyl sites for hydroxylation is 1. The van der Waals surface area contributed by atoms with E-state index in [-0.39, 0.29) is 17.6 Å². The molecule has 14 heteroatoms. The first-order valence-corrected chi connectivity index (χ1v) is 15.1. The highest BCUT2D eigenvalue weighted by Gasteiger charge is 2.30. The minimum Gasteiger partial charge on any atom is -0.438 e. The Morgan fingerprint density at radius 2 is 1.98 bits per heavy atom. The Balaban J connectivity index is 1.65. The molecule has 2 atom stereocenters. The van der Waals surface area contributed by atoms with Gasteiger partial charge in [0.25, 0.3) is 0 Å². The van der Waals surface area contributed by atoms with Crippen LogP contribution in [0.3, 0.4) is 0 Å². The maximum atomic E-state index is 13.8. The summed E-state index contributed by atoms with van der Waals surface area (Å²) in [5.41, 5.74) is 2.54. The van der Waals surface area contributed by atoms with Gasteiger partial charge >= 0.3 is 6.18 Å². The number of anilines is 2. The molecular weight excluding hydrogens is 588 g/mol. The van der Waals surface area contributed by atoms with Gasteiger partial charge in [-0.15, -0.1) is 0 Å². The average molecular weight is 621 g/mol. The fourth-order valence-electron chi connectivity index (χ4n) is 4.59. The molecular formula is C29H32F4N6O3S. The molecule has 0 bridgehead atoms. The minimum atomic E-state index is -4.62. The van der Waals surface area contributed by atoms with Crippen LogP contribution in [0.2, 0.25) is 0 Å². The quantitative estimate of drug-likeness (QED) is 0.178. The second kappa shape index (κ2) is 13.5. The van der Waals surface area contributed by atoms with Crippen molar-refractivity contribution in [3.63, 3.8) is 0 Å². The Bertz CT molecular complexity index is 1600. The van der Waals surface area contributed by atoms with Crippen molar-refractivity contribution >= 4 is 27.7 Å².